The van der Waals surface area contributed by atoms with Gasteiger partial charge in [0.25, 0.3) is 0 Å². The van der Waals surface area contributed by atoms with E-state index < -0.39 is 0 Å². The average Bonchev–Trinajstić information content (AvgIpc) is 3.32. The first-order chi connectivity index (χ1) is 32.2. The number of hydrogen-bond acceptors (Lipinski definition) is 2. The summed E-state index contributed by atoms with van der Waals surface area (Å²) in [6.45, 7) is 18.4. The first-order valence-corrected chi connectivity index (χ1v) is 26.4. The first kappa shape index (κ1) is 50.3. The molecule has 0 fully saturated rings. The summed E-state index contributed by atoms with van der Waals surface area (Å²) in [6, 6.07) is 46.9. The maximum atomic E-state index is 2.46. The molecule has 0 saturated heterocycles. The van der Waals surface area contributed by atoms with Crippen LogP contribution in [0.3, 0.4) is 0 Å². The summed E-state index contributed by atoms with van der Waals surface area (Å²) in [4.78, 5) is 4.92. The second-order valence-corrected chi connectivity index (χ2v) is 19.5. The Hall–Kier alpha value is -5.08. The van der Waals surface area contributed by atoms with Gasteiger partial charge in [0.15, 0.2) is 0 Å². The first-order valence-electron chi connectivity index (χ1n) is 26.4. The third-order valence-electron chi connectivity index (χ3n) is 14.1. The lowest BCUT2D eigenvalue weighted by atomic mass is 9.95. The van der Waals surface area contributed by atoms with Gasteiger partial charge in [0, 0.05) is 34.1 Å². The molecule has 350 valence electrons. The normalized spacial score (nSPS) is 11.3. The number of benzene rings is 6. The Bertz CT molecular complexity index is 2120. The van der Waals surface area contributed by atoms with Gasteiger partial charge in [0.2, 0.25) is 0 Å². The van der Waals surface area contributed by atoms with Crippen molar-refractivity contribution in [3.8, 4) is 11.1 Å². The number of nitrogens with zero attached hydrogens (tertiary/aromatic N) is 2. The molecule has 0 atom stereocenters. The van der Waals surface area contributed by atoms with Crippen LogP contribution in [0.5, 0.6) is 0 Å². The number of rotatable bonds is 27. The Balaban J connectivity index is 1.30. The smallest absolute Gasteiger partial charge is 0.0467 e. The molecular weight excluding hydrogens is 797 g/mol. The highest BCUT2D eigenvalue weighted by Crippen LogP contribution is 2.40. The van der Waals surface area contributed by atoms with Crippen LogP contribution in [0.2, 0.25) is 0 Å². The minimum absolute atomic E-state index is 1.15. The molecule has 0 aliphatic carbocycles. The molecule has 0 saturated carbocycles. The lowest BCUT2D eigenvalue weighted by molar-refractivity contribution is 0.664. The predicted molar refractivity (Wildman–Crippen MR) is 292 cm³/mol. The van der Waals surface area contributed by atoms with Crippen LogP contribution >= 0.6 is 0 Å². The van der Waals surface area contributed by atoms with Gasteiger partial charge >= 0.3 is 0 Å². The average molecular weight is 881 g/mol. The van der Waals surface area contributed by atoms with Crippen molar-refractivity contribution in [3.63, 3.8) is 0 Å². The third kappa shape index (κ3) is 14.0. The van der Waals surface area contributed by atoms with E-state index in [1.165, 1.54) is 192 Å². The molecule has 6 aromatic rings. The molecule has 6 rings (SSSR count). The second kappa shape index (κ2) is 26.3. The van der Waals surface area contributed by atoms with Crippen LogP contribution in [0.15, 0.2) is 121 Å². The van der Waals surface area contributed by atoms with Gasteiger partial charge in [-0.05, 0) is 207 Å². The Morgan fingerprint density at radius 3 is 0.803 bits per heavy atom. The Labute approximate surface area is 402 Å². The predicted octanol–water partition coefficient (Wildman–Crippen LogP) is 20.0. The zero-order valence-corrected chi connectivity index (χ0v) is 42.6. The number of unbranched alkanes of at least 4 members (excludes halogenated alkanes) is 12. The van der Waals surface area contributed by atoms with Crippen LogP contribution in [0.1, 0.15) is 175 Å². The van der Waals surface area contributed by atoms with Crippen LogP contribution < -0.4 is 9.80 Å². The topological polar surface area (TPSA) is 6.48 Å². The van der Waals surface area contributed by atoms with Gasteiger partial charge in [-0.2, -0.15) is 0 Å². The molecule has 0 spiro atoms. The summed E-state index contributed by atoms with van der Waals surface area (Å²) < 4.78 is 0. The van der Waals surface area contributed by atoms with Crippen LogP contribution in [0, 0.1) is 27.7 Å². The monoisotopic (exact) mass is 881 g/mol. The highest BCUT2D eigenvalue weighted by atomic mass is 15.1. The van der Waals surface area contributed by atoms with E-state index in [0.29, 0.717) is 0 Å². The van der Waals surface area contributed by atoms with E-state index in [0.717, 1.165) is 25.7 Å². The number of aryl methyl sites for hydroxylation is 6. The van der Waals surface area contributed by atoms with Gasteiger partial charge < -0.3 is 9.80 Å². The largest absolute Gasteiger partial charge is 0.310 e. The van der Waals surface area contributed by atoms with Gasteiger partial charge in [-0.1, -0.05) is 153 Å². The number of hydrogen-bond donors (Lipinski definition) is 0. The standard InChI is InChI=1S/C64H84N2/c1-9-13-17-21-25-53-29-37-57(38-30-53)65(61-45-49(5)63(50(6)46-61)27-23-19-15-11-3)59-41-33-55(34-42-59)56-35-43-60(44-36-56)66(58-39-31-54(32-40-58)26-22-18-14-10-2)62-47-51(7)64(52(8)48-62)28-24-20-16-12-4/h29-48H,9-28H2,1-8H3. The SMILES string of the molecule is CCCCCCc1ccc(N(c2ccc(-c3ccc(N(c4ccc(CCCCCC)cc4)c4cc(C)c(CCCCCC)c(C)c4)cc3)cc2)c2cc(C)c(CCCCCC)c(C)c2)cc1. The molecule has 0 bridgehead atoms. The summed E-state index contributed by atoms with van der Waals surface area (Å²) in [5.41, 5.74) is 21.2. The summed E-state index contributed by atoms with van der Waals surface area (Å²) in [7, 11) is 0. The van der Waals surface area contributed by atoms with Gasteiger partial charge in [0.05, 0.1) is 0 Å². The maximum Gasteiger partial charge on any atom is 0.0467 e. The van der Waals surface area contributed by atoms with E-state index in [2.05, 4.69) is 187 Å². The minimum Gasteiger partial charge on any atom is -0.310 e. The second-order valence-electron chi connectivity index (χ2n) is 19.5. The molecule has 0 N–H and O–H groups in total. The molecule has 2 nitrogen and oxygen atoms in total. The van der Waals surface area contributed by atoms with Crippen molar-refractivity contribution in [3.05, 3.63) is 166 Å². The van der Waals surface area contributed by atoms with Crippen LogP contribution in [-0.4, -0.2) is 0 Å². The highest BCUT2D eigenvalue weighted by molar-refractivity contribution is 5.81. The van der Waals surface area contributed by atoms with E-state index in [9.17, 15) is 0 Å². The quantitative estimate of drug-likeness (QED) is 0.0476. The zero-order valence-electron chi connectivity index (χ0n) is 42.6. The lowest BCUT2D eigenvalue weighted by Gasteiger charge is -2.28. The maximum absolute atomic E-state index is 2.46. The molecule has 66 heavy (non-hydrogen) atoms. The van der Waals surface area contributed by atoms with E-state index in [-0.39, 0.29) is 0 Å². The van der Waals surface area contributed by atoms with E-state index in [1.54, 1.807) is 0 Å². The molecule has 0 aromatic heterocycles. The summed E-state index contributed by atoms with van der Waals surface area (Å²) in [5.74, 6) is 0. The summed E-state index contributed by atoms with van der Waals surface area (Å²) in [5, 5.41) is 0. The summed E-state index contributed by atoms with van der Waals surface area (Å²) in [6.07, 6.45) is 25.2. The Morgan fingerprint density at radius 2 is 0.530 bits per heavy atom. The van der Waals surface area contributed by atoms with Gasteiger partial charge in [-0.15, -0.1) is 0 Å². The highest BCUT2D eigenvalue weighted by Gasteiger charge is 2.18. The molecule has 0 unspecified atom stereocenters. The van der Waals surface area contributed by atoms with Crippen LogP contribution in [0.25, 0.3) is 11.1 Å². The molecular formula is C64H84N2. The lowest BCUT2D eigenvalue weighted by Crippen LogP contribution is -2.11. The zero-order chi connectivity index (χ0) is 46.7. The third-order valence-corrected chi connectivity index (χ3v) is 14.1. The van der Waals surface area contributed by atoms with Gasteiger partial charge in [-0.3, -0.25) is 0 Å². The Morgan fingerprint density at radius 1 is 0.273 bits per heavy atom. The van der Waals surface area contributed by atoms with Crippen molar-refractivity contribution in [2.75, 3.05) is 9.80 Å². The van der Waals surface area contributed by atoms with Crippen molar-refractivity contribution < 1.29 is 0 Å². The van der Waals surface area contributed by atoms with E-state index in [4.69, 9.17) is 0 Å². The fourth-order valence-corrected chi connectivity index (χ4v) is 10.1. The van der Waals surface area contributed by atoms with Crippen molar-refractivity contribution in [2.24, 2.45) is 0 Å². The van der Waals surface area contributed by atoms with E-state index in [1.807, 2.05) is 0 Å². The Kier molecular flexibility index (Phi) is 20.1. The van der Waals surface area contributed by atoms with Gasteiger partial charge in [-0.25, -0.2) is 0 Å². The van der Waals surface area contributed by atoms with Crippen molar-refractivity contribution in [1.82, 2.24) is 0 Å². The fourth-order valence-electron chi connectivity index (χ4n) is 10.1. The molecule has 6 aromatic carbocycles. The molecule has 0 amide bonds. The fraction of sp³-hybridized carbons (Fsp3) is 0.438. The van der Waals surface area contributed by atoms with E-state index >= 15 is 0 Å². The molecule has 0 heterocycles. The van der Waals surface area contributed by atoms with Crippen LogP contribution in [0.4, 0.5) is 34.1 Å². The minimum atomic E-state index is 1.15. The van der Waals surface area contributed by atoms with Crippen molar-refractivity contribution in [2.45, 2.75) is 184 Å². The van der Waals surface area contributed by atoms with Crippen molar-refractivity contribution in [1.29, 1.82) is 0 Å². The molecule has 0 aliphatic rings. The summed E-state index contributed by atoms with van der Waals surface area (Å²) >= 11 is 0. The molecule has 0 aliphatic heterocycles. The molecule has 2 heteroatoms. The molecule has 0 radical (unpaired) electrons. The van der Waals surface area contributed by atoms with Gasteiger partial charge in [0.1, 0.15) is 0 Å². The van der Waals surface area contributed by atoms with Crippen molar-refractivity contribution >= 4 is 34.1 Å². The number of anilines is 6. The van der Waals surface area contributed by atoms with Crippen LogP contribution in [-0.2, 0) is 25.7 Å².